The molecule has 0 aliphatic rings. The van der Waals surface area contributed by atoms with Gasteiger partial charge in [0.2, 0.25) is 0 Å². The number of ether oxygens (including phenoxy) is 3. The van der Waals surface area contributed by atoms with E-state index in [2.05, 4.69) is 21.2 Å². The average Bonchev–Trinajstić information content (AvgIpc) is 2.88. The molecule has 1 atom stereocenters. The number of rotatable bonds is 10. The van der Waals surface area contributed by atoms with Gasteiger partial charge in [0.05, 0.1) is 26.4 Å². The number of benzene rings is 3. The number of halogens is 3. The van der Waals surface area contributed by atoms with Crippen LogP contribution in [-0.2, 0) is 21.3 Å². The van der Waals surface area contributed by atoms with Crippen LogP contribution in [0.25, 0.3) is 11.1 Å². The predicted octanol–water partition coefficient (Wildman–Crippen LogP) is 5.45. The molecule has 3 aromatic rings. The minimum absolute atomic E-state index is 0.0533. The molecule has 0 aliphatic heterocycles. The van der Waals surface area contributed by atoms with E-state index in [0.717, 1.165) is 34.9 Å². The molecule has 1 N–H and O–H groups in total. The fraction of sp³-hybridized carbons (Fsp3) is 0.259. The standard InChI is InChI=1S/C27H26BrF2NO5/c1-4-36-27(33)21(31-26(32)25-19(29)6-5-7-20(25)30)12-16-8-10-18(11-9-16)24-22(34-2)13-17(15-28)14-23(24)35-3/h5-11,13-14,21H,4,12,15H2,1-3H3,(H,31,32)/t21-/m0/s1. The fourth-order valence-corrected chi connectivity index (χ4v) is 4.08. The lowest BCUT2D eigenvalue weighted by Crippen LogP contribution is -2.44. The van der Waals surface area contributed by atoms with Gasteiger partial charge in [0.1, 0.15) is 34.7 Å². The lowest BCUT2D eigenvalue weighted by Gasteiger charge is -2.19. The highest BCUT2D eigenvalue weighted by molar-refractivity contribution is 9.08. The highest BCUT2D eigenvalue weighted by Gasteiger charge is 2.26. The van der Waals surface area contributed by atoms with Crippen LogP contribution < -0.4 is 14.8 Å². The van der Waals surface area contributed by atoms with E-state index in [0.29, 0.717) is 22.4 Å². The highest BCUT2D eigenvalue weighted by Crippen LogP contribution is 2.40. The summed E-state index contributed by atoms with van der Waals surface area (Å²) in [7, 11) is 3.16. The Balaban J connectivity index is 1.88. The molecular formula is C27H26BrF2NO5. The third kappa shape index (κ3) is 6.20. The number of hydrogen-bond acceptors (Lipinski definition) is 5. The average molecular weight is 562 g/mol. The van der Waals surface area contributed by atoms with Crippen LogP contribution in [0.5, 0.6) is 11.5 Å². The second-order valence-corrected chi connectivity index (χ2v) is 8.35. The van der Waals surface area contributed by atoms with Crippen LogP contribution in [0.3, 0.4) is 0 Å². The van der Waals surface area contributed by atoms with E-state index < -0.39 is 35.1 Å². The van der Waals surface area contributed by atoms with Gasteiger partial charge in [-0.15, -0.1) is 0 Å². The van der Waals surface area contributed by atoms with Gasteiger partial charge in [-0.05, 0) is 47.9 Å². The van der Waals surface area contributed by atoms with E-state index in [1.807, 2.05) is 24.3 Å². The highest BCUT2D eigenvalue weighted by atomic mass is 79.9. The van der Waals surface area contributed by atoms with Crippen molar-refractivity contribution < 1.29 is 32.6 Å². The summed E-state index contributed by atoms with van der Waals surface area (Å²) in [6.45, 7) is 1.71. The summed E-state index contributed by atoms with van der Waals surface area (Å²) >= 11 is 3.44. The Kier molecular flexibility index (Phi) is 9.41. The van der Waals surface area contributed by atoms with Crippen LogP contribution in [0.15, 0.2) is 54.6 Å². The van der Waals surface area contributed by atoms with E-state index >= 15 is 0 Å². The van der Waals surface area contributed by atoms with Gasteiger partial charge in [-0.25, -0.2) is 13.6 Å². The molecule has 0 unspecified atom stereocenters. The molecule has 3 rings (SSSR count). The first kappa shape index (κ1) is 27.1. The maximum absolute atomic E-state index is 14.1. The smallest absolute Gasteiger partial charge is 0.328 e. The van der Waals surface area contributed by atoms with Crippen molar-refractivity contribution >= 4 is 27.8 Å². The minimum Gasteiger partial charge on any atom is -0.496 e. The SMILES string of the molecule is CCOC(=O)[C@H](Cc1ccc(-c2c(OC)cc(CBr)cc2OC)cc1)NC(=O)c1c(F)cccc1F. The van der Waals surface area contributed by atoms with Gasteiger partial charge in [0.15, 0.2) is 0 Å². The lowest BCUT2D eigenvalue weighted by molar-refractivity contribution is -0.145. The second-order valence-electron chi connectivity index (χ2n) is 7.78. The fourth-order valence-electron chi connectivity index (χ4n) is 3.75. The van der Waals surface area contributed by atoms with Gasteiger partial charge in [-0.3, -0.25) is 4.79 Å². The van der Waals surface area contributed by atoms with Gasteiger partial charge in [-0.2, -0.15) is 0 Å². The Bertz CT molecular complexity index is 1190. The van der Waals surface area contributed by atoms with Crippen molar-refractivity contribution in [3.8, 4) is 22.6 Å². The second kappa shape index (κ2) is 12.5. The van der Waals surface area contributed by atoms with E-state index in [4.69, 9.17) is 14.2 Å². The number of methoxy groups -OCH3 is 2. The van der Waals surface area contributed by atoms with Crippen LogP contribution in [0.4, 0.5) is 8.78 Å². The minimum atomic E-state index is -1.15. The molecule has 190 valence electrons. The maximum atomic E-state index is 14.1. The molecule has 36 heavy (non-hydrogen) atoms. The zero-order chi connectivity index (χ0) is 26.2. The molecule has 0 heterocycles. The largest absolute Gasteiger partial charge is 0.496 e. The van der Waals surface area contributed by atoms with Gasteiger partial charge in [-0.1, -0.05) is 46.3 Å². The molecule has 0 spiro atoms. The van der Waals surface area contributed by atoms with Gasteiger partial charge < -0.3 is 19.5 Å². The number of nitrogens with one attached hydrogen (secondary N) is 1. The molecule has 6 nitrogen and oxygen atoms in total. The Morgan fingerprint density at radius 2 is 1.53 bits per heavy atom. The number of carbonyl (C=O) groups is 2. The van der Waals surface area contributed by atoms with E-state index in [-0.39, 0.29) is 13.0 Å². The van der Waals surface area contributed by atoms with Crippen molar-refractivity contribution in [3.63, 3.8) is 0 Å². The van der Waals surface area contributed by atoms with Crippen molar-refractivity contribution in [1.82, 2.24) is 5.32 Å². The molecule has 3 aromatic carbocycles. The number of esters is 1. The Morgan fingerprint density at radius 3 is 2.03 bits per heavy atom. The topological polar surface area (TPSA) is 73.9 Å². The zero-order valence-electron chi connectivity index (χ0n) is 20.1. The van der Waals surface area contributed by atoms with Crippen LogP contribution in [-0.4, -0.2) is 38.7 Å². The van der Waals surface area contributed by atoms with E-state index in [9.17, 15) is 18.4 Å². The molecule has 9 heteroatoms. The quantitative estimate of drug-likeness (QED) is 0.263. The van der Waals surface area contributed by atoms with Crippen molar-refractivity contribution in [3.05, 3.63) is 82.9 Å². The lowest BCUT2D eigenvalue weighted by atomic mass is 9.98. The van der Waals surface area contributed by atoms with Crippen molar-refractivity contribution in [2.75, 3.05) is 20.8 Å². The number of carbonyl (C=O) groups excluding carboxylic acids is 2. The Hall–Kier alpha value is -3.46. The molecule has 0 aliphatic carbocycles. The van der Waals surface area contributed by atoms with Crippen molar-refractivity contribution in [2.24, 2.45) is 0 Å². The first-order valence-corrected chi connectivity index (χ1v) is 12.3. The molecular weight excluding hydrogens is 536 g/mol. The number of hydrogen-bond donors (Lipinski definition) is 1. The molecule has 0 radical (unpaired) electrons. The summed E-state index contributed by atoms with van der Waals surface area (Å²) in [5, 5.41) is 3.04. The van der Waals surface area contributed by atoms with Crippen LogP contribution in [0, 0.1) is 11.6 Å². The predicted molar refractivity (Wildman–Crippen MR) is 136 cm³/mol. The summed E-state index contributed by atoms with van der Waals surface area (Å²) < 4.78 is 44.3. The molecule has 1 amide bonds. The van der Waals surface area contributed by atoms with Crippen LogP contribution >= 0.6 is 15.9 Å². The first-order chi connectivity index (χ1) is 17.3. The van der Waals surface area contributed by atoms with Gasteiger partial charge in [0.25, 0.3) is 5.91 Å². The van der Waals surface area contributed by atoms with E-state index in [1.54, 1.807) is 33.3 Å². The van der Waals surface area contributed by atoms with Gasteiger partial charge in [0, 0.05) is 11.8 Å². The first-order valence-electron chi connectivity index (χ1n) is 11.1. The molecule has 0 saturated carbocycles. The normalized spacial score (nSPS) is 11.5. The third-order valence-electron chi connectivity index (χ3n) is 5.47. The van der Waals surface area contributed by atoms with Crippen molar-refractivity contribution in [1.29, 1.82) is 0 Å². The summed E-state index contributed by atoms with van der Waals surface area (Å²) in [6, 6.07) is 13.0. The summed E-state index contributed by atoms with van der Waals surface area (Å²) in [6.07, 6.45) is 0.0533. The summed E-state index contributed by atoms with van der Waals surface area (Å²) in [5.74, 6) is -2.51. The Labute approximate surface area is 216 Å². The van der Waals surface area contributed by atoms with E-state index in [1.165, 1.54) is 0 Å². The number of alkyl halides is 1. The third-order valence-corrected chi connectivity index (χ3v) is 6.12. The number of amides is 1. The van der Waals surface area contributed by atoms with Crippen LogP contribution in [0.2, 0.25) is 0 Å². The molecule has 0 saturated heterocycles. The molecule has 0 fully saturated rings. The summed E-state index contributed by atoms with van der Waals surface area (Å²) in [4.78, 5) is 25.1. The summed E-state index contributed by atoms with van der Waals surface area (Å²) in [5.41, 5.74) is 2.51. The maximum Gasteiger partial charge on any atom is 0.328 e. The zero-order valence-corrected chi connectivity index (χ0v) is 21.7. The Morgan fingerprint density at radius 1 is 0.944 bits per heavy atom. The van der Waals surface area contributed by atoms with Gasteiger partial charge >= 0.3 is 5.97 Å². The van der Waals surface area contributed by atoms with Crippen molar-refractivity contribution in [2.45, 2.75) is 24.7 Å². The molecule has 0 bridgehead atoms. The monoisotopic (exact) mass is 561 g/mol. The molecule has 0 aromatic heterocycles. The van der Waals surface area contributed by atoms with Crippen LogP contribution in [0.1, 0.15) is 28.4 Å².